The van der Waals surface area contributed by atoms with Gasteiger partial charge in [0.1, 0.15) is 28.8 Å². The third-order valence-electron chi connectivity index (χ3n) is 4.06. The number of rotatable bonds is 1. The maximum atomic E-state index is 5.82. The first kappa shape index (κ1) is 17.2. The molecule has 2 heterocycles. The monoisotopic (exact) mass is 410 g/mol. The molecular formula is C19H23BrOS2+2. The van der Waals surface area contributed by atoms with E-state index >= 15 is 0 Å². The van der Waals surface area contributed by atoms with Gasteiger partial charge in [-0.15, -0.1) is 0 Å². The van der Waals surface area contributed by atoms with E-state index in [0.717, 1.165) is 28.8 Å². The SMILES string of the molecule is COc1c2cc(Br)cc1C[S+](C)Cc1ccc(cc1)C[S+](C)C2. The summed E-state index contributed by atoms with van der Waals surface area (Å²) in [5.41, 5.74) is 5.58. The molecule has 2 atom stereocenters. The van der Waals surface area contributed by atoms with Gasteiger partial charge < -0.3 is 4.74 Å². The van der Waals surface area contributed by atoms with Crippen molar-refractivity contribution in [3.63, 3.8) is 0 Å². The normalized spacial score (nSPS) is 21.2. The van der Waals surface area contributed by atoms with Crippen LogP contribution in [0.15, 0.2) is 40.9 Å². The van der Waals surface area contributed by atoms with Crippen molar-refractivity contribution in [2.45, 2.75) is 23.0 Å². The highest BCUT2D eigenvalue weighted by atomic mass is 79.9. The molecule has 122 valence electrons. The lowest BCUT2D eigenvalue weighted by Gasteiger charge is -2.14. The molecule has 1 nitrogen and oxygen atoms in total. The van der Waals surface area contributed by atoms with E-state index in [-0.39, 0.29) is 0 Å². The zero-order chi connectivity index (χ0) is 16.4. The minimum atomic E-state index is 0.304. The highest BCUT2D eigenvalue weighted by Gasteiger charge is 2.24. The molecule has 0 saturated heterocycles. The van der Waals surface area contributed by atoms with Crippen LogP contribution in [0, 0.1) is 0 Å². The van der Waals surface area contributed by atoms with Crippen LogP contribution in [0.25, 0.3) is 0 Å². The van der Waals surface area contributed by atoms with Crippen molar-refractivity contribution in [1.29, 1.82) is 0 Å². The van der Waals surface area contributed by atoms with Crippen LogP contribution in [0.2, 0.25) is 0 Å². The van der Waals surface area contributed by atoms with Crippen molar-refractivity contribution in [2.75, 3.05) is 19.6 Å². The minimum absolute atomic E-state index is 0.304. The highest BCUT2D eigenvalue weighted by Crippen LogP contribution is 2.33. The summed E-state index contributed by atoms with van der Waals surface area (Å²) in [6.45, 7) is 0. The predicted octanol–water partition coefficient (Wildman–Crippen LogP) is 4.67. The van der Waals surface area contributed by atoms with E-state index in [2.05, 4.69) is 64.8 Å². The Bertz CT molecular complexity index is 630. The number of ether oxygens (including phenoxy) is 1. The summed E-state index contributed by atoms with van der Waals surface area (Å²) in [5.74, 6) is 5.55. The van der Waals surface area contributed by atoms with Gasteiger partial charge in [-0.1, -0.05) is 40.2 Å². The lowest BCUT2D eigenvalue weighted by atomic mass is 10.1. The van der Waals surface area contributed by atoms with Crippen molar-refractivity contribution in [3.8, 4) is 5.75 Å². The minimum Gasteiger partial charge on any atom is -0.496 e. The topological polar surface area (TPSA) is 9.23 Å². The van der Waals surface area contributed by atoms with E-state index in [0.29, 0.717) is 21.8 Å². The van der Waals surface area contributed by atoms with Crippen LogP contribution in [0.4, 0.5) is 0 Å². The van der Waals surface area contributed by atoms with E-state index in [4.69, 9.17) is 4.74 Å². The smallest absolute Gasteiger partial charge is 0.136 e. The lowest BCUT2D eigenvalue weighted by molar-refractivity contribution is 0.407. The van der Waals surface area contributed by atoms with E-state index in [1.54, 1.807) is 0 Å². The van der Waals surface area contributed by atoms with Crippen molar-refractivity contribution >= 4 is 37.7 Å². The fourth-order valence-corrected chi connectivity index (χ4v) is 6.89. The van der Waals surface area contributed by atoms with E-state index < -0.39 is 0 Å². The first-order valence-corrected chi connectivity index (χ1v) is 12.4. The molecule has 4 bridgehead atoms. The van der Waals surface area contributed by atoms with Crippen LogP contribution in [0.5, 0.6) is 5.75 Å². The molecular weight excluding hydrogens is 388 g/mol. The summed E-state index contributed by atoms with van der Waals surface area (Å²) in [6.07, 6.45) is 4.72. The molecule has 0 spiro atoms. The fourth-order valence-electron chi connectivity index (χ4n) is 3.12. The van der Waals surface area contributed by atoms with Crippen LogP contribution < -0.4 is 4.74 Å². The number of methoxy groups -OCH3 is 1. The molecule has 2 aliphatic heterocycles. The van der Waals surface area contributed by atoms with Crippen LogP contribution in [-0.4, -0.2) is 19.6 Å². The Balaban J connectivity index is 2.04. The summed E-state index contributed by atoms with van der Waals surface area (Å²) in [6, 6.07) is 13.7. The van der Waals surface area contributed by atoms with Gasteiger partial charge in [-0.05, 0) is 33.9 Å². The maximum Gasteiger partial charge on any atom is 0.136 e. The third kappa shape index (κ3) is 4.28. The summed E-state index contributed by atoms with van der Waals surface area (Å²) in [4.78, 5) is 0. The second-order valence-corrected chi connectivity index (χ2v) is 11.4. The zero-order valence-corrected chi connectivity index (χ0v) is 17.1. The average Bonchev–Trinajstić information content (AvgIpc) is 2.49. The molecule has 0 amide bonds. The summed E-state index contributed by atoms with van der Waals surface area (Å²) in [5, 5.41) is 0. The van der Waals surface area contributed by atoms with Crippen molar-refractivity contribution in [1.82, 2.24) is 0 Å². The van der Waals surface area contributed by atoms with Gasteiger partial charge in [-0.25, -0.2) is 0 Å². The van der Waals surface area contributed by atoms with Gasteiger partial charge in [0, 0.05) is 26.7 Å². The molecule has 0 fully saturated rings. The zero-order valence-electron chi connectivity index (χ0n) is 13.9. The Morgan fingerprint density at radius 1 is 0.826 bits per heavy atom. The van der Waals surface area contributed by atoms with Gasteiger partial charge in [0.2, 0.25) is 0 Å². The van der Waals surface area contributed by atoms with Gasteiger partial charge in [0.15, 0.2) is 0 Å². The van der Waals surface area contributed by atoms with Crippen LogP contribution >= 0.6 is 15.9 Å². The number of halogens is 1. The van der Waals surface area contributed by atoms with E-state index in [1.807, 2.05) is 7.11 Å². The molecule has 0 saturated carbocycles. The Morgan fingerprint density at radius 2 is 1.26 bits per heavy atom. The summed E-state index contributed by atoms with van der Waals surface area (Å²) in [7, 11) is 2.42. The largest absolute Gasteiger partial charge is 0.496 e. The van der Waals surface area contributed by atoms with E-state index in [9.17, 15) is 0 Å². The molecule has 0 aliphatic carbocycles. The van der Waals surface area contributed by atoms with Crippen LogP contribution in [-0.2, 0) is 44.8 Å². The Morgan fingerprint density at radius 3 is 1.65 bits per heavy atom. The first-order valence-electron chi connectivity index (χ1n) is 7.66. The van der Waals surface area contributed by atoms with Gasteiger partial charge in [0.05, 0.1) is 19.6 Å². The summed E-state index contributed by atoms with van der Waals surface area (Å²) >= 11 is 3.70. The average molecular weight is 411 g/mol. The quantitative estimate of drug-likeness (QED) is 0.620. The van der Waals surface area contributed by atoms with Gasteiger partial charge in [-0.2, -0.15) is 0 Å². The molecule has 23 heavy (non-hydrogen) atoms. The first-order chi connectivity index (χ1) is 11.0. The molecule has 2 aromatic carbocycles. The van der Waals surface area contributed by atoms with Gasteiger partial charge in [0.25, 0.3) is 0 Å². The van der Waals surface area contributed by atoms with Crippen molar-refractivity contribution in [3.05, 3.63) is 63.1 Å². The highest BCUT2D eigenvalue weighted by molar-refractivity contribution is 9.10. The molecule has 2 unspecified atom stereocenters. The number of hydrogen-bond donors (Lipinski definition) is 0. The molecule has 0 N–H and O–H groups in total. The van der Waals surface area contributed by atoms with Crippen molar-refractivity contribution < 1.29 is 4.74 Å². The number of benzene rings is 2. The Kier molecular flexibility index (Phi) is 5.65. The molecule has 2 aromatic rings. The number of hydrogen-bond acceptors (Lipinski definition) is 1. The standard InChI is InChI=1S/C19H23BrOS2/c1-21-19-16-8-18(20)9-17(19)13-23(3)11-15-6-4-14(5-7-15)10-22(2)12-16/h4-9H,10-13H2,1-3H3/q+2. The molecule has 4 heteroatoms. The Hall–Kier alpha value is -0.580. The molecule has 4 rings (SSSR count). The van der Waals surface area contributed by atoms with Crippen LogP contribution in [0.3, 0.4) is 0 Å². The fraction of sp³-hybridized carbons (Fsp3) is 0.368. The van der Waals surface area contributed by atoms with E-state index in [1.165, 1.54) is 26.7 Å². The van der Waals surface area contributed by atoms with Crippen LogP contribution in [0.1, 0.15) is 22.3 Å². The predicted molar refractivity (Wildman–Crippen MR) is 109 cm³/mol. The lowest BCUT2D eigenvalue weighted by Crippen LogP contribution is -2.10. The second kappa shape index (κ2) is 7.54. The molecule has 2 aliphatic rings. The van der Waals surface area contributed by atoms with Gasteiger partial charge in [-0.3, -0.25) is 0 Å². The van der Waals surface area contributed by atoms with Crippen molar-refractivity contribution in [2.24, 2.45) is 0 Å². The molecule has 0 aromatic heterocycles. The summed E-state index contributed by atoms with van der Waals surface area (Å²) < 4.78 is 6.99. The number of fused-ring (bicyclic) bond motifs is 6. The second-order valence-electron chi connectivity index (χ2n) is 6.21. The van der Waals surface area contributed by atoms with Gasteiger partial charge >= 0.3 is 0 Å². The molecule has 0 radical (unpaired) electrons. The maximum absolute atomic E-state index is 5.82. The Labute approximate surface area is 153 Å². The third-order valence-corrected chi connectivity index (χ3v) is 7.78.